The van der Waals surface area contributed by atoms with Crippen molar-refractivity contribution < 1.29 is 0 Å². The molecule has 0 aromatic heterocycles. The monoisotopic (exact) mass is 542 g/mol. The van der Waals surface area contributed by atoms with E-state index in [0.717, 1.165) is 11.1 Å². The molecular formula is C42H38. The average Bonchev–Trinajstić information content (AvgIpc) is 3.03. The minimum atomic E-state index is -0.218. The van der Waals surface area contributed by atoms with Gasteiger partial charge in [-0.25, -0.2) is 0 Å². The van der Waals surface area contributed by atoms with Crippen LogP contribution in [0, 0.1) is 0 Å². The molecule has 0 spiro atoms. The Balaban J connectivity index is 1.83. The lowest BCUT2D eigenvalue weighted by Gasteiger charge is -2.29. The van der Waals surface area contributed by atoms with Crippen molar-refractivity contribution in [3.05, 3.63) is 146 Å². The summed E-state index contributed by atoms with van der Waals surface area (Å²) >= 11 is 0. The largest absolute Gasteiger partial charge is 0.102 e. The fourth-order valence-electron chi connectivity index (χ4n) is 6.35. The molecule has 0 unspecified atom stereocenters. The summed E-state index contributed by atoms with van der Waals surface area (Å²) in [4.78, 5) is 0. The first-order chi connectivity index (χ1) is 20.1. The predicted molar refractivity (Wildman–Crippen MR) is 188 cm³/mol. The van der Waals surface area contributed by atoms with Crippen molar-refractivity contribution in [3.63, 3.8) is 0 Å². The Morgan fingerprint density at radius 1 is 0.452 bits per heavy atom. The summed E-state index contributed by atoms with van der Waals surface area (Å²) in [6, 6.07) is 31.5. The van der Waals surface area contributed by atoms with Gasteiger partial charge < -0.3 is 0 Å². The number of hydrogen-bond acceptors (Lipinski definition) is 0. The van der Waals surface area contributed by atoms with Gasteiger partial charge in [-0.2, -0.15) is 0 Å². The van der Waals surface area contributed by atoms with Gasteiger partial charge in [0.05, 0.1) is 0 Å². The molecule has 0 radical (unpaired) electrons. The minimum Gasteiger partial charge on any atom is -0.102 e. The van der Waals surface area contributed by atoms with Gasteiger partial charge in [0.15, 0.2) is 0 Å². The molecule has 6 rings (SSSR count). The van der Waals surface area contributed by atoms with Gasteiger partial charge in [-0.1, -0.05) is 138 Å². The first-order valence-electron chi connectivity index (χ1n) is 14.7. The third-order valence-electron chi connectivity index (χ3n) is 9.22. The zero-order chi connectivity index (χ0) is 29.8. The summed E-state index contributed by atoms with van der Waals surface area (Å²) in [7, 11) is 0. The molecular weight excluding hydrogens is 504 g/mol. The molecule has 0 nitrogen and oxygen atoms in total. The predicted octanol–water partition coefficient (Wildman–Crippen LogP) is 12.1. The number of rotatable bonds is 8. The standard InChI is InChI=1S/C42H38/c1-9-27-13-17-29(18-14-27)35-25-37(41(5,6)11-3)33-24-22-32-36(30-19-15-28(10-2)16-20-30)26-38(42(7,8)12-4)34-23-21-31(35)39(33)40(32)34/h9-26H,1-4H2,5-8H3. The Labute approximate surface area is 250 Å². The summed E-state index contributed by atoms with van der Waals surface area (Å²) in [5.74, 6) is 0. The van der Waals surface area contributed by atoms with Crippen LogP contribution in [0.2, 0.25) is 0 Å². The quantitative estimate of drug-likeness (QED) is 0.132. The van der Waals surface area contributed by atoms with Gasteiger partial charge in [-0.3, -0.25) is 0 Å². The Hall–Kier alpha value is -4.68. The minimum absolute atomic E-state index is 0.218. The van der Waals surface area contributed by atoms with Gasteiger partial charge in [-0.05, 0) is 89.0 Å². The van der Waals surface area contributed by atoms with Crippen LogP contribution in [0.4, 0.5) is 0 Å². The molecule has 0 heteroatoms. The second-order valence-corrected chi connectivity index (χ2v) is 12.5. The second kappa shape index (κ2) is 10.00. The van der Waals surface area contributed by atoms with Crippen LogP contribution in [0.1, 0.15) is 49.9 Å². The molecule has 0 atom stereocenters. The van der Waals surface area contributed by atoms with E-state index >= 15 is 0 Å². The zero-order valence-electron chi connectivity index (χ0n) is 25.2. The number of allylic oxidation sites excluding steroid dienone is 2. The van der Waals surface area contributed by atoms with Crippen molar-refractivity contribution in [1.82, 2.24) is 0 Å². The van der Waals surface area contributed by atoms with E-state index in [1.807, 2.05) is 12.2 Å². The van der Waals surface area contributed by atoms with Crippen LogP contribution in [0.15, 0.2) is 123 Å². The van der Waals surface area contributed by atoms with E-state index < -0.39 is 0 Å². The Morgan fingerprint density at radius 3 is 1.10 bits per heavy atom. The molecule has 0 N–H and O–H groups in total. The molecule has 0 heterocycles. The summed E-state index contributed by atoms with van der Waals surface area (Å²) < 4.78 is 0. The van der Waals surface area contributed by atoms with Crippen LogP contribution in [0.5, 0.6) is 0 Å². The van der Waals surface area contributed by atoms with Gasteiger partial charge in [0.1, 0.15) is 0 Å². The van der Waals surface area contributed by atoms with E-state index in [9.17, 15) is 0 Å². The van der Waals surface area contributed by atoms with E-state index in [1.165, 1.54) is 65.7 Å². The summed E-state index contributed by atoms with van der Waals surface area (Å²) in [6.45, 7) is 25.4. The van der Waals surface area contributed by atoms with Gasteiger partial charge in [-0.15, -0.1) is 13.2 Å². The number of hydrogen-bond donors (Lipinski definition) is 0. The van der Waals surface area contributed by atoms with Crippen molar-refractivity contribution in [3.8, 4) is 22.3 Å². The number of benzene rings is 6. The highest BCUT2D eigenvalue weighted by molar-refractivity contribution is 6.29. The van der Waals surface area contributed by atoms with E-state index in [-0.39, 0.29) is 10.8 Å². The molecule has 0 amide bonds. The highest BCUT2D eigenvalue weighted by Crippen LogP contribution is 2.48. The maximum absolute atomic E-state index is 4.24. The highest BCUT2D eigenvalue weighted by atomic mass is 14.3. The molecule has 0 aliphatic heterocycles. The van der Waals surface area contributed by atoms with E-state index in [1.54, 1.807) is 0 Å². The normalized spacial score (nSPS) is 12.2. The molecule has 0 aliphatic carbocycles. The van der Waals surface area contributed by atoms with Crippen molar-refractivity contribution in [2.24, 2.45) is 0 Å². The van der Waals surface area contributed by atoms with Gasteiger partial charge in [0.25, 0.3) is 0 Å². The zero-order valence-corrected chi connectivity index (χ0v) is 25.2. The summed E-state index contributed by atoms with van der Waals surface area (Å²) in [6.07, 6.45) is 7.93. The Kier molecular flexibility index (Phi) is 6.54. The SMILES string of the molecule is C=Cc1ccc(-c2cc(C(C)(C)C=C)c3ccc4c(-c5ccc(C=C)cc5)cc(C(C)(C)C=C)c5ccc2c3c45)cc1. The molecule has 42 heavy (non-hydrogen) atoms. The van der Waals surface area contributed by atoms with Crippen LogP contribution in [0.25, 0.3) is 66.7 Å². The lowest BCUT2D eigenvalue weighted by molar-refractivity contribution is 0.678. The first-order valence-corrected chi connectivity index (χ1v) is 14.7. The third-order valence-corrected chi connectivity index (χ3v) is 9.22. The summed E-state index contributed by atoms with van der Waals surface area (Å²) in [5, 5.41) is 7.71. The third kappa shape index (κ3) is 4.22. The molecule has 6 aromatic carbocycles. The first kappa shape index (κ1) is 27.5. The van der Waals surface area contributed by atoms with Crippen molar-refractivity contribution in [2.75, 3.05) is 0 Å². The highest BCUT2D eigenvalue weighted by Gasteiger charge is 2.27. The molecule has 206 valence electrons. The van der Waals surface area contributed by atoms with Gasteiger partial charge in [0.2, 0.25) is 0 Å². The van der Waals surface area contributed by atoms with Gasteiger partial charge >= 0.3 is 0 Å². The molecule has 0 saturated heterocycles. The van der Waals surface area contributed by atoms with E-state index in [4.69, 9.17) is 0 Å². The van der Waals surface area contributed by atoms with Crippen LogP contribution >= 0.6 is 0 Å². The lowest BCUT2D eigenvalue weighted by atomic mass is 9.74. The lowest BCUT2D eigenvalue weighted by Crippen LogP contribution is -2.15. The average molecular weight is 543 g/mol. The van der Waals surface area contributed by atoms with Crippen LogP contribution < -0.4 is 0 Å². The van der Waals surface area contributed by atoms with Gasteiger partial charge in [0, 0.05) is 10.8 Å². The topological polar surface area (TPSA) is 0 Å². The second-order valence-electron chi connectivity index (χ2n) is 12.5. The Bertz CT molecular complexity index is 1860. The molecule has 0 fully saturated rings. The molecule has 0 bridgehead atoms. The fourth-order valence-corrected chi connectivity index (χ4v) is 6.35. The molecule has 0 aliphatic rings. The van der Waals surface area contributed by atoms with E-state index in [2.05, 4.69) is 151 Å². The van der Waals surface area contributed by atoms with Crippen molar-refractivity contribution in [2.45, 2.75) is 38.5 Å². The molecule has 0 saturated carbocycles. The maximum atomic E-state index is 4.24. The summed E-state index contributed by atoms with van der Waals surface area (Å²) in [5.41, 5.74) is 9.25. The smallest absolute Gasteiger partial charge is 0.00790 e. The Morgan fingerprint density at radius 2 is 0.786 bits per heavy atom. The molecule has 6 aromatic rings. The van der Waals surface area contributed by atoms with Crippen molar-refractivity contribution in [1.29, 1.82) is 0 Å². The van der Waals surface area contributed by atoms with Crippen LogP contribution in [-0.2, 0) is 10.8 Å². The van der Waals surface area contributed by atoms with Crippen molar-refractivity contribution >= 4 is 44.5 Å². The maximum Gasteiger partial charge on any atom is 0.00790 e. The van der Waals surface area contributed by atoms with Crippen LogP contribution in [0.3, 0.4) is 0 Å². The van der Waals surface area contributed by atoms with Crippen LogP contribution in [-0.4, -0.2) is 0 Å². The van der Waals surface area contributed by atoms with E-state index in [0.29, 0.717) is 0 Å². The fraction of sp³-hybridized carbons (Fsp3) is 0.143.